The Morgan fingerprint density at radius 2 is 2.05 bits per heavy atom. The summed E-state index contributed by atoms with van der Waals surface area (Å²) < 4.78 is 23.2. The van der Waals surface area contributed by atoms with E-state index >= 15 is 0 Å². The minimum absolute atomic E-state index is 0.304. The average Bonchev–Trinajstić information content (AvgIpc) is 2.86. The van der Waals surface area contributed by atoms with E-state index in [4.69, 9.17) is 0 Å². The van der Waals surface area contributed by atoms with E-state index in [1.807, 2.05) is 6.07 Å². The lowest BCUT2D eigenvalue weighted by atomic mass is 10.2. The quantitative estimate of drug-likeness (QED) is 0.881. The van der Waals surface area contributed by atoms with Gasteiger partial charge in [0, 0.05) is 30.8 Å². The van der Waals surface area contributed by atoms with Crippen LogP contribution in [0.15, 0.2) is 29.2 Å². The average molecular weight is 325 g/mol. The first-order valence-corrected chi connectivity index (χ1v) is 9.43. The third-order valence-corrected chi connectivity index (χ3v) is 5.01. The Morgan fingerprint density at radius 3 is 2.71 bits per heavy atom. The number of sulfone groups is 1. The predicted molar refractivity (Wildman–Crippen MR) is 85.3 cm³/mol. The Balaban J connectivity index is 2.14. The largest absolute Gasteiger partial charge is 0.314 e. The first kappa shape index (κ1) is 16.1. The highest BCUT2D eigenvalue weighted by Crippen LogP contribution is 2.25. The maximum atomic E-state index is 11.6. The first-order chi connectivity index (χ1) is 9.86. The number of nitrogens with one attached hydrogen (secondary N) is 1. The molecule has 1 aromatic heterocycles. The Hall–Kier alpha value is -1.31. The van der Waals surface area contributed by atoms with E-state index in [-0.39, 0.29) is 0 Å². The zero-order valence-corrected chi connectivity index (χ0v) is 14.0. The zero-order chi connectivity index (χ0) is 15.5. The van der Waals surface area contributed by atoms with Gasteiger partial charge in [0.25, 0.3) is 0 Å². The van der Waals surface area contributed by atoms with Crippen molar-refractivity contribution >= 4 is 21.2 Å². The van der Waals surface area contributed by atoms with Crippen molar-refractivity contribution in [1.29, 1.82) is 0 Å². The molecule has 2 aromatic rings. The second kappa shape index (κ2) is 6.64. The van der Waals surface area contributed by atoms with Crippen molar-refractivity contribution < 1.29 is 8.42 Å². The van der Waals surface area contributed by atoms with Crippen LogP contribution in [-0.2, 0) is 16.3 Å². The Labute approximate surface area is 129 Å². The summed E-state index contributed by atoms with van der Waals surface area (Å²) in [5, 5.41) is 13.3. The Morgan fingerprint density at radius 1 is 1.29 bits per heavy atom. The Bertz CT molecular complexity index is 709. The lowest BCUT2D eigenvalue weighted by Gasteiger charge is -2.05. The molecule has 0 saturated heterocycles. The molecule has 0 unspecified atom stereocenters. The second-order valence-electron chi connectivity index (χ2n) is 5.16. The van der Waals surface area contributed by atoms with Gasteiger partial charge in [0.1, 0.15) is 10.0 Å². The summed E-state index contributed by atoms with van der Waals surface area (Å²) in [4.78, 5) is 0.304. The van der Waals surface area contributed by atoms with Gasteiger partial charge in [0.05, 0.1) is 4.90 Å². The van der Waals surface area contributed by atoms with Gasteiger partial charge in [0.15, 0.2) is 9.84 Å². The third-order valence-electron chi connectivity index (χ3n) is 2.87. The molecule has 0 radical (unpaired) electrons. The van der Waals surface area contributed by atoms with Gasteiger partial charge in [-0.25, -0.2) is 8.42 Å². The fourth-order valence-corrected chi connectivity index (χ4v) is 3.30. The van der Waals surface area contributed by atoms with E-state index in [1.165, 1.54) is 17.6 Å². The summed E-state index contributed by atoms with van der Waals surface area (Å²) in [5.74, 6) is 0. The van der Waals surface area contributed by atoms with E-state index in [0.717, 1.165) is 28.5 Å². The second-order valence-corrected chi connectivity index (χ2v) is 8.24. The van der Waals surface area contributed by atoms with Crippen molar-refractivity contribution in [2.24, 2.45) is 0 Å². The van der Waals surface area contributed by atoms with Gasteiger partial charge in [0.2, 0.25) is 0 Å². The Kier molecular flexibility index (Phi) is 5.08. The van der Waals surface area contributed by atoms with E-state index in [1.54, 1.807) is 18.2 Å². The smallest absolute Gasteiger partial charge is 0.175 e. The molecule has 5 nitrogen and oxygen atoms in total. The molecule has 0 aliphatic heterocycles. The van der Waals surface area contributed by atoms with Gasteiger partial charge in [-0.2, -0.15) is 0 Å². The van der Waals surface area contributed by atoms with Gasteiger partial charge in [-0.3, -0.25) is 0 Å². The van der Waals surface area contributed by atoms with Crippen molar-refractivity contribution in [1.82, 2.24) is 15.5 Å². The minimum Gasteiger partial charge on any atom is -0.314 e. The molecule has 1 heterocycles. The van der Waals surface area contributed by atoms with E-state index < -0.39 is 9.84 Å². The highest BCUT2D eigenvalue weighted by Gasteiger charge is 2.11. The summed E-state index contributed by atoms with van der Waals surface area (Å²) in [6, 6.07) is 7.27. The molecule has 0 spiro atoms. The monoisotopic (exact) mass is 325 g/mol. The summed E-state index contributed by atoms with van der Waals surface area (Å²) in [6.45, 7) is 5.06. The van der Waals surface area contributed by atoms with E-state index in [2.05, 4.69) is 29.4 Å². The molecule has 21 heavy (non-hydrogen) atoms. The van der Waals surface area contributed by atoms with Crippen molar-refractivity contribution in [2.75, 3.05) is 12.8 Å². The number of hydrogen-bond donors (Lipinski definition) is 1. The zero-order valence-electron chi connectivity index (χ0n) is 12.3. The van der Waals surface area contributed by atoms with Crippen molar-refractivity contribution in [3.8, 4) is 10.6 Å². The van der Waals surface area contributed by atoms with Gasteiger partial charge >= 0.3 is 0 Å². The molecule has 2 rings (SSSR count). The lowest BCUT2D eigenvalue weighted by molar-refractivity contribution is 0.588. The molecular formula is C14H19N3O2S2. The van der Waals surface area contributed by atoms with E-state index in [9.17, 15) is 8.42 Å². The fraction of sp³-hybridized carbons (Fsp3) is 0.429. The summed E-state index contributed by atoms with van der Waals surface area (Å²) in [7, 11) is -3.20. The standard InChI is InChI=1S/C14H19N3O2S2/c1-10(2)15-8-7-13-16-17-14(20-13)11-5-4-6-12(9-11)21(3,18)19/h4-6,9-10,15H,7-8H2,1-3H3. The van der Waals surface area contributed by atoms with Crippen LogP contribution in [0, 0.1) is 0 Å². The van der Waals surface area contributed by atoms with Crippen LogP contribution in [0.25, 0.3) is 10.6 Å². The normalized spacial score (nSPS) is 12.0. The molecule has 0 atom stereocenters. The molecule has 114 valence electrons. The van der Waals surface area contributed by atoms with Gasteiger partial charge < -0.3 is 5.32 Å². The van der Waals surface area contributed by atoms with Crippen LogP contribution in [0.4, 0.5) is 0 Å². The van der Waals surface area contributed by atoms with Crippen LogP contribution in [0.1, 0.15) is 18.9 Å². The van der Waals surface area contributed by atoms with Crippen LogP contribution in [0.5, 0.6) is 0 Å². The molecule has 1 N–H and O–H groups in total. The molecule has 0 amide bonds. The fourth-order valence-electron chi connectivity index (χ4n) is 1.80. The highest BCUT2D eigenvalue weighted by molar-refractivity contribution is 7.90. The van der Waals surface area contributed by atoms with Crippen molar-refractivity contribution in [2.45, 2.75) is 31.2 Å². The summed E-state index contributed by atoms with van der Waals surface area (Å²) >= 11 is 1.50. The third kappa shape index (κ3) is 4.59. The van der Waals surface area contributed by atoms with Crippen LogP contribution in [0.2, 0.25) is 0 Å². The van der Waals surface area contributed by atoms with Crippen LogP contribution in [0.3, 0.4) is 0 Å². The molecule has 0 aliphatic rings. The van der Waals surface area contributed by atoms with Crippen LogP contribution >= 0.6 is 11.3 Å². The maximum Gasteiger partial charge on any atom is 0.175 e. The molecule has 7 heteroatoms. The van der Waals surface area contributed by atoms with Gasteiger partial charge in [-0.05, 0) is 12.1 Å². The maximum absolute atomic E-state index is 11.6. The number of aromatic nitrogens is 2. The molecule has 0 fully saturated rings. The number of hydrogen-bond acceptors (Lipinski definition) is 6. The molecule has 0 bridgehead atoms. The van der Waals surface area contributed by atoms with Gasteiger partial charge in [-0.15, -0.1) is 10.2 Å². The molecule has 0 aliphatic carbocycles. The number of nitrogens with zero attached hydrogens (tertiary/aromatic N) is 2. The minimum atomic E-state index is -3.20. The SMILES string of the molecule is CC(C)NCCc1nnc(-c2cccc(S(C)(=O)=O)c2)s1. The van der Waals surface area contributed by atoms with Crippen molar-refractivity contribution in [3.05, 3.63) is 29.3 Å². The topological polar surface area (TPSA) is 72.0 Å². The lowest BCUT2D eigenvalue weighted by Crippen LogP contribution is -2.24. The van der Waals surface area contributed by atoms with Gasteiger partial charge in [-0.1, -0.05) is 37.3 Å². The molecule has 1 aromatic carbocycles. The van der Waals surface area contributed by atoms with E-state index in [0.29, 0.717) is 10.9 Å². The summed E-state index contributed by atoms with van der Waals surface area (Å²) in [6.07, 6.45) is 2.02. The highest BCUT2D eigenvalue weighted by atomic mass is 32.2. The first-order valence-electron chi connectivity index (χ1n) is 6.72. The number of rotatable bonds is 6. The van der Waals surface area contributed by atoms with Crippen LogP contribution < -0.4 is 5.32 Å². The van der Waals surface area contributed by atoms with Crippen LogP contribution in [-0.4, -0.2) is 37.5 Å². The summed E-state index contributed by atoms with van der Waals surface area (Å²) in [5.41, 5.74) is 0.790. The predicted octanol–water partition coefficient (Wildman–Crippen LogP) is 2.15. The number of benzene rings is 1. The molecular weight excluding hydrogens is 306 g/mol. The molecule has 0 saturated carbocycles. The van der Waals surface area contributed by atoms with Crippen molar-refractivity contribution in [3.63, 3.8) is 0 Å².